The maximum atomic E-state index is 12.5. The Labute approximate surface area is 171 Å². The lowest BCUT2D eigenvalue weighted by atomic mass is 10.2. The number of carbonyl (C=O) groups excluding carboxylic acids is 1. The van der Waals surface area contributed by atoms with Gasteiger partial charge in [0, 0.05) is 45.6 Å². The van der Waals surface area contributed by atoms with Gasteiger partial charge in [0.2, 0.25) is 10.0 Å². The molecule has 3 rings (SSSR count). The highest BCUT2D eigenvalue weighted by atomic mass is 32.2. The summed E-state index contributed by atoms with van der Waals surface area (Å²) in [5.41, 5.74) is 1.19. The van der Waals surface area contributed by atoms with Gasteiger partial charge in [-0.15, -0.1) is 0 Å². The van der Waals surface area contributed by atoms with Crippen LogP contribution in [0.4, 0.5) is 5.82 Å². The molecule has 0 spiro atoms. The summed E-state index contributed by atoms with van der Waals surface area (Å²) in [6.45, 7) is 1.21. The topological polar surface area (TPSA) is 101 Å². The van der Waals surface area contributed by atoms with Crippen molar-refractivity contribution in [3.8, 4) is 0 Å². The lowest BCUT2D eigenvalue weighted by molar-refractivity contribution is 0.0950. The van der Waals surface area contributed by atoms with E-state index in [0.717, 1.165) is 24.2 Å². The quantitative estimate of drug-likeness (QED) is 0.674. The third kappa shape index (κ3) is 5.75. The van der Waals surface area contributed by atoms with Gasteiger partial charge in [0.1, 0.15) is 5.82 Å². The van der Waals surface area contributed by atoms with Gasteiger partial charge in [-0.25, -0.2) is 18.1 Å². The fourth-order valence-electron chi connectivity index (χ4n) is 3.00. The van der Waals surface area contributed by atoms with Crippen molar-refractivity contribution in [2.75, 3.05) is 32.1 Å². The van der Waals surface area contributed by atoms with Crippen LogP contribution in [0.5, 0.6) is 0 Å². The molecule has 29 heavy (non-hydrogen) atoms. The molecule has 1 unspecified atom stereocenters. The molecule has 0 radical (unpaired) electrons. The van der Waals surface area contributed by atoms with E-state index in [9.17, 15) is 13.2 Å². The zero-order valence-corrected chi connectivity index (χ0v) is 17.4. The number of benzene rings is 1. The van der Waals surface area contributed by atoms with Crippen LogP contribution in [-0.4, -0.2) is 52.7 Å². The second kappa shape index (κ2) is 9.34. The normalized spacial score (nSPS) is 16.6. The summed E-state index contributed by atoms with van der Waals surface area (Å²) < 4.78 is 33.1. The number of nitrogens with zero attached hydrogens (tertiary/aromatic N) is 2. The number of anilines is 1. The van der Waals surface area contributed by atoms with Gasteiger partial charge in [-0.2, -0.15) is 0 Å². The van der Waals surface area contributed by atoms with Crippen molar-refractivity contribution in [1.82, 2.24) is 15.0 Å². The van der Waals surface area contributed by atoms with Crippen molar-refractivity contribution in [2.24, 2.45) is 0 Å². The van der Waals surface area contributed by atoms with E-state index in [1.165, 1.54) is 12.1 Å². The zero-order valence-electron chi connectivity index (χ0n) is 16.6. The van der Waals surface area contributed by atoms with E-state index in [-0.39, 0.29) is 29.0 Å². The smallest absolute Gasteiger partial charge is 0.251 e. The molecular weight excluding hydrogens is 392 g/mol. The second-order valence-electron chi connectivity index (χ2n) is 7.11. The van der Waals surface area contributed by atoms with Crippen LogP contribution < -0.4 is 14.9 Å². The van der Waals surface area contributed by atoms with Crippen molar-refractivity contribution in [2.45, 2.75) is 30.4 Å². The summed E-state index contributed by atoms with van der Waals surface area (Å²) in [7, 11) is 0.0749. The molecule has 1 aliphatic heterocycles. The Bertz CT molecular complexity index is 956. The number of pyridine rings is 1. The summed E-state index contributed by atoms with van der Waals surface area (Å²) >= 11 is 0. The molecule has 156 valence electrons. The number of nitrogens with one attached hydrogen (secondary N) is 2. The van der Waals surface area contributed by atoms with Crippen LogP contribution in [-0.2, 0) is 21.3 Å². The maximum Gasteiger partial charge on any atom is 0.251 e. The van der Waals surface area contributed by atoms with E-state index in [1.807, 2.05) is 31.1 Å². The van der Waals surface area contributed by atoms with Gasteiger partial charge >= 0.3 is 0 Å². The fraction of sp³-hybridized carbons (Fsp3) is 0.400. The van der Waals surface area contributed by atoms with Crippen LogP contribution in [0.3, 0.4) is 0 Å². The minimum Gasteiger partial charge on any atom is -0.377 e. The van der Waals surface area contributed by atoms with E-state index in [1.54, 1.807) is 18.3 Å². The molecule has 1 fully saturated rings. The molecule has 8 nitrogen and oxygen atoms in total. The first-order chi connectivity index (χ1) is 13.8. The van der Waals surface area contributed by atoms with Crippen LogP contribution in [0.2, 0.25) is 0 Å². The average molecular weight is 419 g/mol. The largest absolute Gasteiger partial charge is 0.377 e. The number of ether oxygens (including phenoxy) is 1. The molecule has 9 heteroatoms. The Kier molecular flexibility index (Phi) is 6.83. The summed E-state index contributed by atoms with van der Waals surface area (Å²) in [6.07, 6.45) is 3.37. The minimum absolute atomic E-state index is 0.0574. The van der Waals surface area contributed by atoms with Crippen molar-refractivity contribution in [3.05, 3.63) is 53.7 Å². The Morgan fingerprint density at radius 3 is 2.83 bits per heavy atom. The van der Waals surface area contributed by atoms with Crippen LogP contribution in [0.1, 0.15) is 28.8 Å². The standard InChI is InChI=1S/C20H26N4O4S/c1-24(2)19-11-15(8-9-21-19)13-22-20(25)16-5-3-7-18(12-16)29(26,27)23-14-17-6-4-10-28-17/h3,5,7-9,11-12,17,23H,4,6,10,13-14H2,1-2H3,(H,22,25). The Morgan fingerprint density at radius 1 is 1.28 bits per heavy atom. The fourth-order valence-corrected chi connectivity index (χ4v) is 4.11. The molecular formula is C20H26N4O4S. The van der Waals surface area contributed by atoms with E-state index in [4.69, 9.17) is 4.74 Å². The third-order valence-electron chi connectivity index (χ3n) is 4.65. The molecule has 1 aromatic heterocycles. The predicted octanol–water partition coefficient (Wildman–Crippen LogP) is 1.53. The molecule has 1 atom stereocenters. The first kappa shape index (κ1) is 21.2. The first-order valence-electron chi connectivity index (χ1n) is 9.47. The van der Waals surface area contributed by atoms with Crippen LogP contribution >= 0.6 is 0 Å². The molecule has 0 aliphatic carbocycles. The highest BCUT2D eigenvalue weighted by Crippen LogP contribution is 2.15. The van der Waals surface area contributed by atoms with E-state index in [2.05, 4.69) is 15.0 Å². The summed E-state index contributed by atoms with van der Waals surface area (Å²) in [6, 6.07) is 9.71. The number of hydrogen-bond donors (Lipinski definition) is 2. The predicted molar refractivity (Wildman–Crippen MR) is 110 cm³/mol. The Morgan fingerprint density at radius 2 is 2.10 bits per heavy atom. The highest BCUT2D eigenvalue weighted by Gasteiger charge is 2.21. The number of carbonyl (C=O) groups is 1. The molecule has 1 saturated heterocycles. The zero-order chi connectivity index (χ0) is 20.9. The number of sulfonamides is 1. The maximum absolute atomic E-state index is 12.5. The van der Waals surface area contributed by atoms with Crippen LogP contribution in [0, 0.1) is 0 Å². The van der Waals surface area contributed by atoms with E-state index < -0.39 is 10.0 Å². The van der Waals surface area contributed by atoms with Crippen molar-refractivity contribution < 1.29 is 17.9 Å². The van der Waals surface area contributed by atoms with Gasteiger partial charge in [0.05, 0.1) is 11.0 Å². The molecule has 0 bridgehead atoms. The van der Waals surface area contributed by atoms with Gasteiger partial charge in [0.25, 0.3) is 5.91 Å². The molecule has 0 saturated carbocycles. The molecule has 1 aliphatic rings. The molecule has 2 heterocycles. The third-order valence-corrected chi connectivity index (χ3v) is 6.07. The SMILES string of the molecule is CN(C)c1cc(CNC(=O)c2cccc(S(=O)(=O)NCC3CCCO3)c2)ccn1. The monoisotopic (exact) mass is 418 g/mol. The second-order valence-corrected chi connectivity index (χ2v) is 8.88. The number of aromatic nitrogens is 1. The number of hydrogen-bond acceptors (Lipinski definition) is 6. The lowest BCUT2D eigenvalue weighted by Crippen LogP contribution is -2.32. The van der Waals surface area contributed by atoms with E-state index in [0.29, 0.717) is 13.2 Å². The van der Waals surface area contributed by atoms with Crippen molar-refractivity contribution >= 4 is 21.7 Å². The Hall–Kier alpha value is -2.49. The molecule has 1 amide bonds. The van der Waals surface area contributed by atoms with Gasteiger partial charge in [0.15, 0.2) is 0 Å². The highest BCUT2D eigenvalue weighted by molar-refractivity contribution is 7.89. The van der Waals surface area contributed by atoms with Crippen molar-refractivity contribution in [1.29, 1.82) is 0 Å². The molecule has 2 N–H and O–H groups in total. The molecule has 2 aromatic rings. The van der Waals surface area contributed by atoms with Crippen LogP contribution in [0.15, 0.2) is 47.5 Å². The van der Waals surface area contributed by atoms with Crippen LogP contribution in [0.25, 0.3) is 0 Å². The average Bonchev–Trinajstić information content (AvgIpc) is 3.25. The first-order valence-corrected chi connectivity index (χ1v) is 11.0. The summed E-state index contributed by atoms with van der Waals surface area (Å²) in [4.78, 5) is 18.7. The molecule has 1 aromatic carbocycles. The number of rotatable bonds is 8. The summed E-state index contributed by atoms with van der Waals surface area (Å²) in [5.74, 6) is 0.451. The minimum atomic E-state index is -3.71. The Balaban J connectivity index is 1.63. The van der Waals surface area contributed by atoms with E-state index >= 15 is 0 Å². The van der Waals surface area contributed by atoms with Gasteiger partial charge in [-0.3, -0.25) is 4.79 Å². The van der Waals surface area contributed by atoms with Gasteiger partial charge in [-0.1, -0.05) is 6.07 Å². The van der Waals surface area contributed by atoms with Gasteiger partial charge < -0.3 is 15.0 Å². The lowest BCUT2D eigenvalue weighted by Gasteiger charge is -2.13. The summed E-state index contributed by atoms with van der Waals surface area (Å²) in [5, 5.41) is 2.82. The van der Waals surface area contributed by atoms with Crippen molar-refractivity contribution in [3.63, 3.8) is 0 Å². The number of amides is 1. The van der Waals surface area contributed by atoms with Gasteiger partial charge in [-0.05, 0) is 48.7 Å².